The lowest BCUT2D eigenvalue weighted by atomic mass is 10.0. The topological polar surface area (TPSA) is 27.7 Å². The zero-order valence-corrected chi connectivity index (χ0v) is 16.5. The molecule has 1 heterocycles. The van der Waals surface area contributed by atoms with Gasteiger partial charge in [-0.25, -0.2) is 4.39 Å². The number of benzene rings is 1. The largest absolute Gasteiger partial charge is 0.491 e. The van der Waals surface area contributed by atoms with Crippen LogP contribution in [0.5, 0.6) is 5.75 Å². The first-order valence-corrected chi connectivity index (χ1v) is 9.80. The van der Waals surface area contributed by atoms with Gasteiger partial charge in [0.05, 0.1) is 31.0 Å². The van der Waals surface area contributed by atoms with E-state index in [0.29, 0.717) is 12.5 Å². The molecular weight excluding hydrogens is 402 g/mol. The van der Waals surface area contributed by atoms with Crippen LogP contribution in [0, 0.1) is 5.82 Å². The van der Waals surface area contributed by atoms with Gasteiger partial charge in [-0.15, -0.1) is 0 Å². The molecule has 2 unspecified atom stereocenters. The van der Waals surface area contributed by atoms with Crippen LogP contribution in [-0.2, 0) is 21.8 Å². The molecular formula is C20H26F6O3. The summed E-state index contributed by atoms with van der Waals surface area (Å²) >= 11 is 0. The van der Waals surface area contributed by atoms with E-state index in [-0.39, 0.29) is 25.7 Å². The fraction of sp³-hybridized carbons (Fsp3) is 0.700. The summed E-state index contributed by atoms with van der Waals surface area (Å²) in [6.45, 7) is 3.25. The van der Waals surface area contributed by atoms with Crippen molar-refractivity contribution in [1.82, 2.24) is 0 Å². The Labute approximate surface area is 166 Å². The highest BCUT2D eigenvalue weighted by atomic mass is 19.4. The number of alkyl halides is 5. The van der Waals surface area contributed by atoms with Crippen molar-refractivity contribution in [2.24, 2.45) is 0 Å². The normalized spacial score (nSPS) is 20.7. The molecule has 1 fully saturated rings. The van der Waals surface area contributed by atoms with Gasteiger partial charge in [-0.3, -0.25) is 0 Å². The molecule has 1 aromatic carbocycles. The maximum absolute atomic E-state index is 14.6. The van der Waals surface area contributed by atoms with Gasteiger partial charge in [0.15, 0.2) is 11.6 Å². The van der Waals surface area contributed by atoms with E-state index in [1.807, 2.05) is 0 Å². The maximum atomic E-state index is 14.6. The summed E-state index contributed by atoms with van der Waals surface area (Å²) in [4.78, 5) is 0. The number of rotatable bonds is 9. The molecule has 0 bridgehead atoms. The molecule has 0 radical (unpaired) electrons. The highest BCUT2D eigenvalue weighted by molar-refractivity contribution is 5.41. The first-order valence-electron chi connectivity index (χ1n) is 9.80. The number of hydrogen-bond acceptors (Lipinski definition) is 3. The van der Waals surface area contributed by atoms with E-state index in [1.54, 1.807) is 0 Å². The fourth-order valence-electron chi connectivity index (χ4n) is 3.34. The van der Waals surface area contributed by atoms with Gasteiger partial charge in [0, 0.05) is 0 Å². The van der Waals surface area contributed by atoms with Gasteiger partial charge in [0.2, 0.25) is 0 Å². The molecule has 0 saturated carbocycles. The molecule has 0 N–H and O–H groups in total. The molecule has 0 aliphatic carbocycles. The van der Waals surface area contributed by atoms with E-state index in [1.165, 1.54) is 6.92 Å². The van der Waals surface area contributed by atoms with Crippen LogP contribution >= 0.6 is 0 Å². The first-order chi connectivity index (χ1) is 13.6. The van der Waals surface area contributed by atoms with Gasteiger partial charge >= 0.3 is 12.3 Å². The van der Waals surface area contributed by atoms with Crippen LogP contribution in [0.4, 0.5) is 26.3 Å². The molecule has 1 aliphatic rings. The van der Waals surface area contributed by atoms with Gasteiger partial charge in [-0.05, 0) is 38.3 Å². The molecule has 1 aromatic rings. The Bertz CT molecular complexity index is 654. The Kier molecular flexibility index (Phi) is 8.22. The molecule has 1 aliphatic heterocycles. The van der Waals surface area contributed by atoms with Crippen molar-refractivity contribution < 1.29 is 40.6 Å². The number of hydrogen-bond donors (Lipinski definition) is 0. The summed E-state index contributed by atoms with van der Waals surface area (Å²) in [7, 11) is 0. The van der Waals surface area contributed by atoms with E-state index in [4.69, 9.17) is 9.47 Å². The van der Waals surface area contributed by atoms with Crippen molar-refractivity contribution in [2.45, 2.75) is 76.9 Å². The van der Waals surface area contributed by atoms with Crippen molar-refractivity contribution in [2.75, 3.05) is 13.2 Å². The number of halogens is 6. The van der Waals surface area contributed by atoms with Crippen molar-refractivity contribution in [3.63, 3.8) is 0 Å². The number of ether oxygens (including phenoxy) is 3. The summed E-state index contributed by atoms with van der Waals surface area (Å²) in [5.74, 6) is -2.62. The van der Waals surface area contributed by atoms with Gasteiger partial charge in [-0.1, -0.05) is 26.2 Å². The summed E-state index contributed by atoms with van der Waals surface area (Å²) in [5, 5.41) is 0. The van der Waals surface area contributed by atoms with Crippen molar-refractivity contribution in [3.8, 4) is 5.75 Å². The van der Waals surface area contributed by atoms with E-state index < -0.39 is 41.1 Å². The quantitative estimate of drug-likeness (QED) is 0.335. The van der Waals surface area contributed by atoms with Crippen LogP contribution in [0.1, 0.15) is 63.5 Å². The van der Waals surface area contributed by atoms with E-state index in [0.717, 1.165) is 31.7 Å². The minimum Gasteiger partial charge on any atom is -0.491 e. The zero-order chi connectivity index (χ0) is 21.7. The first kappa shape index (κ1) is 23.8. The van der Waals surface area contributed by atoms with Gasteiger partial charge < -0.3 is 14.2 Å². The maximum Gasteiger partial charge on any atom is 0.419 e. The number of unbranched alkanes of at least 4 members (excludes halogenated alkanes) is 2. The molecule has 3 nitrogen and oxygen atoms in total. The highest BCUT2D eigenvalue weighted by Crippen LogP contribution is 2.44. The van der Waals surface area contributed by atoms with Gasteiger partial charge in [0.25, 0.3) is 0 Å². The van der Waals surface area contributed by atoms with E-state index in [9.17, 15) is 26.3 Å². The molecule has 166 valence electrons. The summed E-state index contributed by atoms with van der Waals surface area (Å²) in [6.07, 6.45) is -6.26. The Morgan fingerprint density at radius 2 is 1.79 bits per heavy atom. The lowest BCUT2D eigenvalue weighted by Gasteiger charge is -2.32. The lowest BCUT2D eigenvalue weighted by molar-refractivity contribution is -0.291. The Hall–Kier alpha value is -1.48. The fourth-order valence-corrected chi connectivity index (χ4v) is 3.34. The second-order valence-electron chi connectivity index (χ2n) is 7.02. The van der Waals surface area contributed by atoms with E-state index in [2.05, 4.69) is 11.7 Å². The van der Waals surface area contributed by atoms with Crippen LogP contribution in [0.2, 0.25) is 0 Å². The van der Waals surface area contributed by atoms with Crippen molar-refractivity contribution in [1.29, 1.82) is 0 Å². The smallest absolute Gasteiger partial charge is 0.419 e. The summed E-state index contributed by atoms with van der Waals surface area (Å²) < 4.78 is 98.4. The Morgan fingerprint density at radius 1 is 1.07 bits per heavy atom. The monoisotopic (exact) mass is 428 g/mol. The lowest BCUT2D eigenvalue weighted by Crippen LogP contribution is -2.36. The molecule has 1 saturated heterocycles. The van der Waals surface area contributed by atoms with E-state index >= 15 is 0 Å². The predicted octanol–water partition coefficient (Wildman–Crippen LogP) is 6.44. The molecule has 2 rings (SSSR count). The Balaban J connectivity index is 2.14. The summed E-state index contributed by atoms with van der Waals surface area (Å²) in [6, 6.07) is 1.25. The average Bonchev–Trinajstić information content (AvgIpc) is 2.63. The van der Waals surface area contributed by atoms with Crippen LogP contribution in [0.25, 0.3) is 0 Å². The molecule has 0 aromatic heterocycles. The van der Waals surface area contributed by atoms with Gasteiger partial charge in [-0.2, -0.15) is 22.0 Å². The summed E-state index contributed by atoms with van der Waals surface area (Å²) in [5.41, 5.74) is -3.65. The third kappa shape index (κ3) is 6.25. The molecule has 2 atom stereocenters. The molecule has 9 heteroatoms. The van der Waals surface area contributed by atoms with Crippen molar-refractivity contribution >= 4 is 0 Å². The third-order valence-electron chi connectivity index (χ3n) is 4.78. The third-order valence-corrected chi connectivity index (χ3v) is 4.78. The van der Waals surface area contributed by atoms with Crippen LogP contribution < -0.4 is 4.74 Å². The minimum absolute atomic E-state index is 0.0660. The van der Waals surface area contributed by atoms with Crippen LogP contribution in [0.3, 0.4) is 0 Å². The predicted molar refractivity (Wildman–Crippen MR) is 94.5 cm³/mol. The SMILES string of the molecule is CCCCCC1CCC(OC(F)(F)c2ccc(OCC)c(F)c2C(F)(F)F)CO1. The second kappa shape index (κ2) is 10.0. The zero-order valence-electron chi connectivity index (χ0n) is 16.5. The minimum atomic E-state index is -5.34. The highest BCUT2D eigenvalue weighted by Gasteiger charge is 2.48. The standard InChI is InChI=1S/C20H26F6O3/c1-3-5-6-7-13-8-9-14(12-28-13)29-20(25,26)15-10-11-16(27-4-2)18(21)17(15)19(22,23)24/h10-11,13-14H,3-9,12H2,1-2H3. The molecule has 0 amide bonds. The molecule has 29 heavy (non-hydrogen) atoms. The van der Waals surface area contributed by atoms with Crippen LogP contribution in [0.15, 0.2) is 12.1 Å². The average molecular weight is 428 g/mol. The molecule has 0 spiro atoms. The second-order valence-corrected chi connectivity index (χ2v) is 7.02. The Morgan fingerprint density at radius 3 is 2.34 bits per heavy atom. The van der Waals surface area contributed by atoms with Crippen LogP contribution in [-0.4, -0.2) is 25.4 Å². The van der Waals surface area contributed by atoms with Gasteiger partial charge in [0.1, 0.15) is 5.56 Å². The van der Waals surface area contributed by atoms with Crippen molar-refractivity contribution in [3.05, 3.63) is 29.1 Å².